The van der Waals surface area contributed by atoms with Gasteiger partial charge in [-0.3, -0.25) is 43.2 Å². The van der Waals surface area contributed by atoms with Crippen LogP contribution in [0.1, 0.15) is 96.5 Å². The third-order valence-corrected chi connectivity index (χ3v) is 15.3. The fraction of sp³-hybridized carbons (Fsp3) is 0.681. The number of nitrogens with zero attached hydrogens (tertiary/aromatic N) is 5. The predicted octanol–water partition coefficient (Wildman–Crippen LogP) is 0.273. The molecule has 6 fully saturated rings. The summed E-state index contributed by atoms with van der Waals surface area (Å²) in [7, 11) is 0. The van der Waals surface area contributed by atoms with Crippen molar-refractivity contribution >= 4 is 64.9 Å². The van der Waals surface area contributed by atoms with Gasteiger partial charge in [-0.2, -0.15) is 11.8 Å². The molecule has 6 saturated heterocycles. The Bertz CT molecular complexity index is 2060. The molecule has 9 amide bonds. The van der Waals surface area contributed by atoms with Gasteiger partial charge in [0.05, 0.1) is 6.54 Å². The molecular formula is C47H67N9O10S. The third kappa shape index (κ3) is 11.0. The van der Waals surface area contributed by atoms with Gasteiger partial charge >= 0.3 is 0 Å². The average molecular weight is 950 g/mol. The van der Waals surface area contributed by atoms with Crippen molar-refractivity contribution in [2.45, 2.75) is 146 Å². The molecule has 0 aliphatic carbocycles. The topological polar surface area (TPSA) is 238 Å². The van der Waals surface area contributed by atoms with Crippen LogP contribution >= 0.6 is 11.8 Å². The van der Waals surface area contributed by atoms with E-state index >= 15 is 0 Å². The van der Waals surface area contributed by atoms with Crippen molar-refractivity contribution in [1.29, 1.82) is 0 Å². The van der Waals surface area contributed by atoms with Gasteiger partial charge in [0.15, 0.2) is 0 Å². The highest BCUT2D eigenvalue weighted by atomic mass is 32.2. The molecule has 0 saturated carbocycles. The number of fused-ring (bicyclic) bond motifs is 5. The fourth-order valence-electron chi connectivity index (χ4n) is 10.7. The molecule has 1 aromatic rings. The van der Waals surface area contributed by atoms with Gasteiger partial charge < -0.3 is 50.9 Å². The second-order valence-corrected chi connectivity index (χ2v) is 19.9. The largest absolute Gasteiger partial charge is 0.508 e. The number of carbonyl (C=O) groups is 9. The van der Waals surface area contributed by atoms with Crippen molar-refractivity contribution in [2.75, 3.05) is 51.3 Å². The lowest BCUT2D eigenvalue weighted by atomic mass is 9.97. The Morgan fingerprint density at radius 1 is 0.582 bits per heavy atom. The van der Waals surface area contributed by atoms with Crippen LogP contribution in [0.25, 0.3) is 0 Å². The van der Waals surface area contributed by atoms with Crippen LogP contribution in [-0.2, 0) is 49.6 Å². The SMILES string of the molecule is CCC(C)C1NC(=O)C(CCSC)NC(=O)C2CCCN2C(=O)C2CCCN2C(=O)C(Cc2ccc(O)cc2)NC(=O)C2CCCN2C(=O)C2CCCN2C(=O)C2CCCN2C(=O)CNC1=O. The maximum Gasteiger partial charge on any atom is 0.246 e. The number of phenols is 1. The van der Waals surface area contributed by atoms with Crippen LogP contribution in [-0.4, -0.2) is 182 Å². The van der Waals surface area contributed by atoms with Crippen LogP contribution in [0.15, 0.2) is 24.3 Å². The molecule has 1 aromatic carbocycles. The minimum atomic E-state index is -1.16. The van der Waals surface area contributed by atoms with Crippen LogP contribution in [0.2, 0.25) is 0 Å². The van der Waals surface area contributed by atoms with Gasteiger partial charge in [0.2, 0.25) is 53.2 Å². The van der Waals surface area contributed by atoms with E-state index in [0.29, 0.717) is 88.5 Å². The number of rotatable bonds is 7. The first-order valence-corrected chi connectivity index (χ1v) is 25.6. The fourth-order valence-corrected chi connectivity index (χ4v) is 11.2. The van der Waals surface area contributed by atoms with E-state index in [0.717, 1.165) is 0 Å². The van der Waals surface area contributed by atoms with E-state index in [2.05, 4.69) is 21.3 Å². The molecule has 0 aromatic heterocycles. The van der Waals surface area contributed by atoms with E-state index in [4.69, 9.17) is 0 Å². The number of phenolic OH excluding ortho intramolecular Hbond substituents is 1. The van der Waals surface area contributed by atoms with Crippen LogP contribution in [0, 0.1) is 5.92 Å². The van der Waals surface area contributed by atoms with Crippen LogP contribution in [0.3, 0.4) is 0 Å². The lowest BCUT2D eigenvalue weighted by Crippen LogP contribution is -2.60. The van der Waals surface area contributed by atoms with E-state index in [1.165, 1.54) is 48.4 Å². The molecule has 0 radical (unpaired) electrons. The lowest BCUT2D eigenvalue weighted by molar-refractivity contribution is -0.151. The summed E-state index contributed by atoms with van der Waals surface area (Å²) < 4.78 is 0. The number of hydrogen-bond acceptors (Lipinski definition) is 11. The molecule has 9 unspecified atom stereocenters. The first-order chi connectivity index (χ1) is 32.2. The molecule has 0 bridgehead atoms. The molecule has 366 valence electrons. The number of aromatic hydroxyl groups is 1. The second kappa shape index (κ2) is 22.1. The Hall–Kier alpha value is -5.40. The maximum atomic E-state index is 14.8. The summed E-state index contributed by atoms with van der Waals surface area (Å²) in [4.78, 5) is 136. The Morgan fingerprint density at radius 3 is 1.54 bits per heavy atom. The molecule has 19 nitrogen and oxygen atoms in total. The summed E-state index contributed by atoms with van der Waals surface area (Å²) in [6.45, 7) is 4.57. The summed E-state index contributed by atoms with van der Waals surface area (Å²) in [6, 6.07) is -1.51. The lowest BCUT2D eigenvalue weighted by Gasteiger charge is -2.35. The zero-order valence-electron chi connectivity index (χ0n) is 38.9. The summed E-state index contributed by atoms with van der Waals surface area (Å²) >= 11 is 1.48. The number of hydrogen-bond donors (Lipinski definition) is 5. The van der Waals surface area contributed by atoms with Crippen molar-refractivity contribution in [3.05, 3.63) is 29.8 Å². The zero-order valence-corrected chi connectivity index (χ0v) is 39.7. The molecule has 20 heteroatoms. The molecular weight excluding hydrogens is 883 g/mol. The Labute approximate surface area is 396 Å². The maximum absolute atomic E-state index is 14.8. The van der Waals surface area contributed by atoms with Gasteiger partial charge in [0.1, 0.15) is 54.1 Å². The van der Waals surface area contributed by atoms with E-state index in [1.54, 1.807) is 19.1 Å². The van der Waals surface area contributed by atoms with E-state index in [9.17, 15) is 48.3 Å². The Kier molecular flexibility index (Phi) is 16.4. The number of nitrogens with one attached hydrogen (secondary N) is 4. The number of carbonyl (C=O) groups excluding carboxylic acids is 9. The molecule has 67 heavy (non-hydrogen) atoms. The highest BCUT2D eigenvalue weighted by Gasteiger charge is 2.48. The first kappa shape index (κ1) is 49.5. The van der Waals surface area contributed by atoms with Crippen LogP contribution < -0.4 is 21.3 Å². The molecule has 6 aliphatic heterocycles. The summed E-state index contributed by atoms with van der Waals surface area (Å²) in [5, 5.41) is 21.4. The normalized spacial score (nSPS) is 30.3. The van der Waals surface area contributed by atoms with E-state index < -0.39 is 96.2 Å². The van der Waals surface area contributed by atoms with Crippen molar-refractivity contribution in [3.8, 4) is 5.75 Å². The highest BCUT2D eigenvalue weighted by molar-refractivity contribution is 7.98. The van der Waals surface area contributed by atoms with Gasteiger partial charge in [-0.15, -0.1) is 0 Å². The van der Waals surface area contributed by atoms with Crippen molar-refractivity contribution in [2.24, 2.45) is 5.92 Å². The van der Waals surface area contributed by atoms with Crippen molar-refractivity contribution < 1.29 is 48.3 Å². The zero-order chi connectivity index (χ0) is 47.9. The number of amides is 9. The molecule has 5 N–H and O–H groups in total. The smallest absolute Gasteiger partial charge is 0.246 e. The van der Waals surface area contributed by atoms with Crippen LogP contribution in [0.4, 0.5) is 0 Å². The first-order valence-electron chi connectivity index (χ1n) is 24.2. The number of thioether (sulfide) groups is 1. The molecule has 7 rings (SSSR count). The Balaban J connectivity index is 1.21. The van der Waals surface area contributed by atoms with Gasteiger partial charge in [-0.1, -0.05) is 32.4 Å². The van der Waals surface area contributed by atoms with Gasteiger partial charge in [-0.05, 0) is 106 Å². The summed E-state index contributed by atoms with van der Waals surface area (Å²) in [6.07, 6.45) is 7.00. The van der Waals surface area contributed by atoms with Crippen molar-refractivity contribution in [3.63, 3.8) is 0 Å². The molecule has 6 aliphatic rings. The quantitative estimate of drug-likeness (QED) is 0.249. The average Bonchev–Trinajstić information content (AvgIpc) is 4.19. The standard InChI is InChI=1S/C47H67N9O10S/c1-4-28(2)39-43(62)48-27-38(58)52-20-7-12-35(52)45(64)56-24-9-14-37(56)47(66)54-22-6-11-34(54)42(61)50-32(26-29-15-17-30(57)18-16-29)44(63)55-23-8-13-36(55)46(65)53-21-5-10-33(53)41(60)49-31(19-25-67-3)40(59)51-39/h15-18,28,31-37,39,57H,4-14,19-27H2,1-3H3,(H,48,62)(H,49,60)(H,50,61)(H,51,59). The monoisotopic (exact) mass is 949 g/mol. The molecule has 9 atom stereocenters. The third-order valence-electron chi connectivity index (χ3n) is 14.6. The van der Waals surface area contributed by atoms with Gasteiger partial charge in [0.25, 0.3) is 0 Å². The highest BCUT2D eigenvalue weighted by Crippen LogP contribution is 2.30. The summed E-state index contributed by atoms with van der Waals surface area (Å²) in [5.41, 5.74) is 0.639. The number of benzene rings is 1. The van der Waals surface area contributed by atoms with Crippen molar-refractivity contribution in [1.82, 2.24) is 45.8 Å². The minimum Gasteiger partial charge on any atom is -0.508 e. The van der Waals surface area contributed by atoms with E-state index in [-0.39, 0.29) is 62.5 Å². The van der Waals surface area contributed by atoms with Gasteiger partial charge in [-0.25, -0.2) is 0 Å². The van der Waals surface area contributed by atoms with Gasteiger partial charge in [0, 0.05) is 39.1 Å². The van der Waals surface area contributed by atoms with Crippen LogP contribution in [0.5, 0.6) is 5.75 Å². The predicted molar refractivity (Wildman–Crippen MR) is 247 cm³/mol. The Morgan fingerprint density at radius 2 is 1.03 bits per heavy atom. The minimum absolute atomic E-state index is 0.0224. The summed E-state index contributed by atoms with van der Waals surface area (Å²) in [5.74, 6) is -4.22. The second-order valence-electron chi connectivity index (χ2n) is 18.9. The van der Waals surface area contributed by atoms with E-state index in [1.807, 2.05) is 13.2 Å². The molecule has 6 heterocycles. The molecule has 0 spiro atoms.